The first-order valence-electron chi connectivity index (χ1n) is 11.8. The maximum absolute atomic E-state index is 13.1. The summed E-state index contributed by atoms with van der Waals surface area (Å²) in [6.45, 7) is 11.7. The number of hydrogen-bond acceptors (Lipinski definition) is 6. The van der Waals surface area contributed by atoms with Crippen molar-refractivity contribution in [2.24, 2.45) is 0 Å². The second kappa shape index (κ2) is 13.3. The molecule has 36 heavy (non-hydrogen) atoms. The summed E-state index contributed by atoms with van der Waals surface area (Å²) in [5.41, 5.74) is 4.64. The predicted octanol–water partition coefficient (Wildman–Crippen LogP) is 4.30. The summed E-state index contributed by atoms with van der Waals surface area (Å²) in [6, 6.07) is 14.1. The van der Waals surface area contributed by atoms with Crippen LogP contribution in [0, 0.1) is 13.8 Å². The quantitative estimate of drug-likeness (QED) is 0.255. The molecular formula is C27H34N2O7. The Bertz CT molecular complexity index is 1200. The van der Waals surface area contributed by atoms with Gasteiger partial charge in [0.15, 0.2) is 0 Å². The van der Waals surface area contributed by atoms with Crippen LogP contribution in [-0.4, -0.2) is 70.9 Å². The fourth-order valence-electron chi connectivity index (χ4n) is 3.95. The van der Waals surface area contributed by atoms with Gasteiger partial charge in [-0.05, 0) is 69.3 Å². The van der Waals surface area contributed by atoms with Gasteiger partial charge in [-0.3, -0.25) is 0 Å². The van der Waals surface area contributed by atoms with Crippen molar-refractivity contribution in [3.05, 3.63) is 59.3 Å². The van der Waals surface area contributed by atoms with Gasteiger partial charge in [-0.1, -0.05) is 26.0 Å². The lowest BCUT2D eigenvalue weighted by atomic mass is 10.1. The molecule has 0 aliphatic rings. The van der Waals surface area contributed by atoms with E-state index in [1.165, 1.54) is 5.56 Å². The number of aryl methyl sites for hydroxylation is 1. The molecule has 0 saturated heterocycles. The first kappa shape index (κ1) is 28.4. The average Bonchev–Trinajstić information content (AvgIpc) is 3.15. The maximum Gasteiger partial charge on any atom is 0.414 e. The third kappa shape index (κ3) is 7.08. The molecule has 0 saturated carbocycles. The number of aliphatic carboxylic acids is 2. The first-order chi connectivity index (χ1) is 17.1. The Balaban J connectivity index is 0.000000678. The number of rotatable bonds is 9. The van der Waals surface area contributed by atoms with Gasteiger partial charge >= 0.3 is 17.9 Å². The smallest absolute Gasteiger partial charge is 0.414 e. The highest BCUT2D eigenvalue weighted by atomic mass is 16.5. The lowest BCUT2D eigenvalue weighted by Gasteiger charge is -2.17. The molecule has 0 spiro atoms. The largest absolute Gasteiger partial charge is 0.497 e. The van der Waals surface area contributed by atoms with E-state index in [9.17, 15) is 4.79 Å². The highest BCUT2D eigenvalue weighted by Gasteiger charge is 2.22. The number of nitrogens with zero attached hydrogens (tertiary/aromatic N) is 2. The Morgan fingerprint density at radius 3 is 2.19 bits per heavy atom. The molecule has 1 aromatic heterocycles. The van der Waals surface area contributed by atoms with Crippen molar-refractivity contribution in [3.8, 4) is 11.4 Å². The summed E-state index contributed by atoms with van der Waals surface area (Å²) < 4.78 is 13.2. The zero-order valence-corrected chi connectivity index (χ0v) is 21.4. The van der Waals surface area contributed by atoms with Crippen LogP contribution < -0.4 is 4.74 Å². The van der Waals surface area contributed by atoms with Crippen molar-refractivity contribution >= 4 is 28.8 Å². The molecule has 3 aromatic rings. The molecule has 194 valence electrons. The van der Waals surface area contributed by atoms with E-state index < -0.39 is 11.9 Å². The van der Waals surface area contributed by atoms with E-state index in [1.54, 1.807) is 7.11 Å². The summed E-state index contributed by atoms with van der Waals surface area (Å²) >= 11 is 0. The molecule has 0 bridgehead atoms. The van der Waals surface area contributed by atoms with E-state index >= 15 is 0 Å². The van der Waals surface area contributed by atoms with Gasteiger partial charge in [-0.15, -0.1) is 0 Å². The average molecular weight is 499 g/mol. The lowest BCUT2D eigenvalue weighted by molar-refractivity contribution is -0.159. The third-order valence-corrected chi connectivity index (χ3v) is 5.80. The normalized spacial score (nSPS) is 10.6. The topological polar surface area (TPSA) is 118 Å². The Morgan fingerprint density at radius 2 is 1.64 bits per heavy atom. The summed E-state index contributed by atoms with van der Waals surface area (Å²) in [7, 11) is 1.64. The summed E-state index contributed by atoms with van der Waals surface area (Å²) in [4.78, 5) is 33.6. The zero-order valence-electron chi connectivity index (χ0n) is 21.4. The third-order valence-electron chi connectivity index (χ3n) is 5.80. The van der Waals surface area contributed by atoms with Crippen molar-refractivity contribution in [2.75, 3.05) is 33.4 Å². The molecule has 0 radical (unpaired) electrons. The van der Waals surface area contributed by atoms with E-state index in [0.29, 0.717) is 12.2 Å². The Kier molecular flexibility index (Phi) is 10.5. The van der Waals surface area contributed by atoms with E-state index in [2.05, 4.69) is 48.4 Å². The second-order valence-electron chi connectivity index (χ2n) is 8.14. The summed E-state index contributed by atoms with van der Waals surface area (Å²) in [5, 5.41) is 15.6. The van der Waals surface area contributed by atoms with E-state index in [-0.39, 0.29) is 5.97 Å². The molecule has 1 heterocycles. The van der Waals surface area contributed by atoms with Crippen LogP contribution in [0.1, 0.15) is 41.9 Å². The van der Waals surface area contributed by atoms with Gasteiger partial charge in [-0.25, -0.2) is 14.4 Å². The van der Waals surface area contributed by atoms with E-state index in [4.69, 9.17) is 29.3 Å². The number of carbonyl (C=O) groups is 3. The minimum Gasteiger partial charge on any atom is -0.497 e. The molecule has 9 nitrogen and oxygen atoms in total. The van der Waals surface area contributed by atoms with Crippen molar-refractivity contribution in [1.82, 2.24) is 9.47 Å². The van der Waals surface area contributed by atoms with Crippen LogP contribution in [0.25, 0.3) is 16.6 Å². The lowest BCUT2D eigenvalue weighted by Crippen LogP contribution is -2.25. The fraction of sp³-hybridized carbons (Fsp3) is 0.370. The molecule has 0 fully saturated rings. The molecular weight excluding hydrogens is 464 g/mol. The number of ether oxygens (including phenoxy) is 2. The van der Waals surface area contributed by atoms with Crippen molar-refractivity contribution in [3.63, 3.8) is 0 Å². The molecule has 0 aliphatic carbocycles. The van der Waals surface area contributed by atoms with Gasteiger partial charge in [0.1, 0.15) is 5.75 Å². The highest BCUT2D eigenvalue weighted by molar-refractivity contribution is 6.27. The van der Waals surface area contributed by atoms with Crippen molar-refractivity contribution in [1.29, 1.82) is 0 Å². The van der Waals surface area contributed by atoms with Crippen molar-refractivity contribution in [2.45, 2.75) is 34.1 Å². The number of fused-ring (bicyclic) bond motifs is 1. The number of benzene rings is 2. The molecule has 0 atom stereocenters. The molecule has 2 aromatic carbocycles. The Morgan fingerprint density at radius 1 is 0.972 bits per heavy atom. The van der Waals surface area contributed by atoms with E-state index in [1.807, 2.05) is 31.2 Å². The van der Waals surface area contributed by atoms with Crippen molar-refractivity contribution < 1.29 is 34.1 Å². The van der Waals surface area contributed by atoms with Gasteiger partial charge in [0.2, 0.25) is 0 Å². The fourth-order valence-corrected chi connectivity index (χ4v) is 3.95. The zero-order chi connectivity index (χ0) is 26.8. The van der Waals surface area contributed by atoms with Gasteiger partial charge in [0, 0.05) is 23.3 Å². The number of carbonyl (C=O) groups excluding carboxylic acids is 1. The molecule has 2 N–H and O–H groups in total. The number of carboxylic acids is 2. The summed E-state index contributed by atoms with van der Waals surface area (Å²) in [5.74, 6) is -3.21. The molecule has 3 rings (SSSR count). The highest BCUT2D eigenvalue weighted by Crippen LogP contribution is 2.32. The van der Waals surface area contributed by atoms with E-state index in [0.717, 1.165) is 54.1 Å². The van der Waals surface area contributed by atoms with Crippen LogP contribution in [0.3, 0.4) is 0 Å². The molecule has 0 aliphatic heterocycles. The first-order valence-corrected chi connectivity index (χ1v) is 11.8. The Hall–Kier alpha value is -3.85. The number of esters is 1. The van der Waals surface area contributed by atoms with Crippen LogP contribution >= 0.6 is 0 Å². The SMILES string of the molecule is CCN(CC)CCCOC(=O)c1c(C)n(-c2cccc(C)c2)c2ccc(OC)cc12.O=C(O)C(=O)O. The predicted molar refractivity (Wildman–Crippen MR) is 137 cm³/mol. The minimum absolute atomic E-state index is 0.281. The number of carboxylic acid groups (broad SMARTS) is 2. The van der Waals surface area contributed by atoms with Crippen LogP contribution in [0.5, 0.6) is 5.75 Å². The van der Waals surface area contributed by atoms with Crippen LogP contribution in [0.2, 0.25) is 0 Å². The molecule has 0 unspecified atom stereocenters. The number of hydrogen-bond donors (Lipinski definition) is 2. The van der Waals surface area contributed by atoms with Gasteiger partial charge in [0.25, 0.3) is 0 Å². The maximum atomic E-state index is 13.1. The number of aromatic nitrogens is 1. The van der Waals surface area contributed by atoms with Crippen LogP contribution in [0.4, 0.5) is 0 Å². The standard InChI is InChI=1S/C25H32N2O3.C2H2O4/c1-6-26(7-2)14-9-15-30-25(28)24-19(4)27(20-11-8-10-18(3)16-20)23-13-12-21(29-5)17-22(23)24;3-1(4)2(5)6/h8,10-13,16-17H,6-7,9,14-15H2,1-5H3;(H,3,4)(H,5,6). The monoisotopic (exact) mass is 498 g/mol. The van der Waals surface area contributed by atoms with Crippen LogP contribution in [-0.2, 0) is 14.3 Å². The van der Waals surface area contributed by atoms with Gasteiger partial charge in [-0.2, -0.15) is 0 Å². The molecule has 0 amide bonds. The molecule has 9 heteroatoms. The minimum atomic E-state index is -1.82. The Labute approximate surface area is 210 Å². The summed E-state index contributed by atoms with van der Waals surface area (Å²) in [6.07, 6.45) is 0.826. The van der Waals surface area contributed by atoms with Gasteiger partial charge in [0.05, 0.1) is 24.8 Å². The van der Waals surface area contributed by atoms with Gasteiger partial charge < -0.3 is 29.2 Å². The van der Waals surface area contributed by atoms with Crippen LogP contribution in [0.15, 0.2) is 42.5 Å². The number of methoxy groups -OCH3 is 1. The second-order valence-corrected chi connectivity index (χ2v) is 8.14.